The van der Waals surface area contributed by atoms with Crippen molar-refractivity contribution in [3.63, 3.8) is 0 Å². The SMILES string of the molecule is Sc1ccc2c(c1)SN=CN2. The Morgan fingerprint density at radius 2 is 2.36 bits per heavy atom. The molecule has 0 saturated carbocycles. The third-order valence-corrected chi connectivity index (χ3v) is 2.41. The molecule has 0 atom stereocenters. The predicted octanol–water partition coefficient (Wildman–Crippen LogP) is 2.44. The average Bonchev–Trinajstić information content (AvgIpc) is 2.04. The molecule has 0 aliphatic carbocycles. The third-order valence-electron chi connectivity index (χ3n) is 1.39. The molecule has 1 aromatic rings. The van der Waals surface area contributed by atoms with E-state index in [9.17, 15) is 0 Å². The molecule has 1 heterocycles. The van der Waals surface area contributed by atoms with Crippen molar-refractivity contribution >= 4 is 36.6 Å². The van der Waals surface area contributed by atoms with E-state index in [-0.39, 0.29) is 0 Å². The van der Waals surface area contributed by atoms with Gasteiger partial charge in [-0.15, -0.1) is 12.6 Å². The molecule has 0 amide bonds. The second-order valence-electron chi connectivity index (χ2n) is 2.15. The van der Waals surface area contributed by atoms with E-state index < -0.39 is 0 Å². The Labute approximate surface area is 74.6 Å². The monoisotopic (exact) mass is 182 g/mol. The standard InChI is InChI=1S/C7H6N2S2/c10-5-1-2-6-7(3-5)11-9-4-8-6/h1-4,10H,(H,8,9). The summed E-state index contributed by atoms with van der Waals surface area (Å²) in [5, 5.41) is 3.04. The summed E-state index contributed by atoms with van der Waals surface area (Å²) in [6.45, 7) is 0. The second-order valence-corrected chi connectivity index (χ2v) is 3.50. The fourth-order valence-electron chi connectivity index (χ4n) is 0.885. The Morgan fingerprint density at radius 3 is 3.27 bits per heavy atom. The number of nitrogens with one attached hydrogen (secondary N) is 1. The molecule has 11 heavy (non-hydrogen) atoms. The van der Waals surface area contributed by atoms with E-state index in [1.165, 1.54) is 11.9 Å². The maximum absolute atomic E-state index is 4.23. The minimum atomic E-state index is 0.968. The topological polar surface area (TPSA) is 24.4 Å². The normalized spacial score (nSPS) is 13.9. The van der Waals surface area contributed by atoms with Crippen LogP contribution in [0.3, 0.4) is 0 Å². The molecule has 0 radical (unpaired) electrons. The molecular formula is C7H6N2S2. The molecule has 4 heteroatoms. The molecular weight excluding hydrogens is 176 g/mol. The van der Waals surface area contributed by atoms with Gasteiger partial charge >= 0.3 is 0 Å². The van der Waals surface area contributed by atoms with Crippen molar-refractivity contribution in [2.45, 2.75) is 9.79 Å². The van der Waals surface area contributed by atoms with E-state index >= 15 is 0 Å². The zero-order valence-corrected chi connectivity index (χ0v) is 7.32. The number of anilines is 1. The number of rotatable bonds is 0. The van der Waals surface area contributed by atoms with Crippen molar-refractivity contribution in [3.05, 3.63) is 18.2 Å². The van der Waals surface area contributed by atoms with Crippen LogP contribution in [-0.2, 0) is 0 Å². The Hall–Kier alpha value is -0.610. The highest BCUT2D eigenvalue weighted by Gasteiger charge is 2.04. The number of benzene rings is 1. The molecule has 0 unspecified atom stereocenters. The summed E-state index contributed by atoms with van der Waals surface area (Å²) in [5.74, 6) is 0. The maximum Gasteiger partial charge on any atom is 0.101 e. The van der Waals surface area contributed by atoms with Gasteiger partial charge in [-0.05, 0) is 18.2 Å². The lowest BCUT2D eigenvalue weighted by Crippen LogP contribution is -1.98. The van der Waals surface area contributed by atoms with E-state index in [1.54, 1.807) is 6.34 Å². The molecule has 1 aliphatic heterocycles. The summed E-state index contributed by atoms with van der Waals surface area (Å²) in [4.78, 5) is 2.09. The van der Waals surface area contributed by atoms with Crippen LogP contribution in [0.1, 0.15) is 0 Å². The molecule has 2 rings (SSSR count). The quantitative estimate of drug-likeness (QED) is 0.476. The summed E-state index contributed by atoms with van der Waals surface area (Å²) in [7, 11) is 0. The second kappa shape index (κ2) is 2.79. The van der Waals surface area contributed by atoms with Gasteiger partial charge in [0.25, 0.3) is 0 Å². The lowest BCUT2D eigenvalue weighted by Gasteiger charge is -2.10. The van der Waals surface area contributed by atoms with Crippen LogP contribution in [0.5, 0.6) is 0 Å². The first-order valence-electron chi connectivity index (χ1n) is 3.15. The van der Waals surface area contributed by atoms with Crippen LogP contribution in [-0.4, -0.2) is 6.34 Å². The molecule has 0 spiro atoms. The lowest BCUT2D eigenvalue weighted by molar-refractivity contribution is 1.33. The zero-order chi connectivity index (χ0) is 7.68. The largest absolute Gasteiger partial charge is 0.345 e. The minimum absolute atomic E-state index is 0.968. The van der Waals surface area contributed by atoms with Crippen LogP contribution in [0.4, 0.5) is 5.69 Å². The van der Waals surface area contributed by atoms with Gasteiger partial charge in [0.2, 0.25) is 0 Å². The zero-order valence-electron chi connectivity index (χ0n) is 5.61. The number of fused-ring (bicyclic) bond motifs is 1. The Balaban J connectivity index is 2.48. The highest BCUT2D eigenvalue weighted by molar-refractivity contribution is 7.98. The van der Waals surface area contributed by atoms with E-state index in [0.717, 1.165) is 15.5 Å². The highest BCUT2D eigenvalue weighted by atomic mass is 32.2. The molecule has 1 N–H and O–H groups in total. The summed E-state index contributed by atoms with van der Waals surface area (Å²) in [5.41, 5.74) is 1.10. The number of nitrogens with zero attached hydrogens (tertiary/aromatic N) is 1. The average molecular weight is 182 g/mol. The minimum Gasteiger partial charge on any atom is -0.345 e. The van der Waals surface area contributed by atoms with Gasteiger partial charge in [0, 0.05) is 16.8 Å². The number of hydrogen-bond acceptors (Lipinski definition) is 4. The van der Waals surface area contributed by atoms with E-state index in [1.807, 2.05) is 18.2 Å². The third kappa shape index (κ3) is 1.36. The van der Waals surface area contributed by atoms with Crippen LogP contribution in [0.15, 0.2) is 32.4 Å². The van der Waals surface area contributed by atoms with Crippen molar-refractivity contribution in [2.24, 2.45) is 4.40 Å². The van der Waals surface area contributed by atoms with E-state index in [4.69, 9.17) is 0 Å². The summed E-state index contributed by atoms with van der Waals surface area (Å²) < 4.78 is 4.01. The Kier molecular flexibility index (Phi) is 1.79. The van der Waals surface area contributed by atoms with Crippen LogP contribution >= 0.6 is 24.6 Å². The van der Waals surface area contributed by atoms with Crippen LogP contribution in [0.2, 0.25) is 0 Å². The first kappa shape index (κ1) is 7.06. The van der Waals surface area contributed by atoms with Crippen molar-refractivity contribution in [1.29, 1.82) is 0 Å². The van der Waals surface area contributed by atoms with Gasteiger partial charge in [-0.2, -0.15) is 0 Å². The van der Waals surface area contributed by atoms with E-state index in [0.29, 0.717) is 0 Å². The predicted molar refractivity (Wildman–Crippen MR) is 51.7 cm³/mol. The van der Waals surface area contributed by atoms with Gasteiger partial charge in [-0.3, -0.25) is 0 Å². The molecule has 56 valence electrons. The van der Waals surface area contributed by atoms with Gasteiger partial charge in [0.1, 0.15) is 6.34 Å². The summed E-state index contributed by atoms with van der Waals surface area (Å²) in [6, 6.07) is 5.94. The molecule has 1 aromatic carbocycles. The van der Waals surface area contributed by atoms with Crippen LogP contribution in [0.25, 0.3) is 0 Å². The Morgan fingerprint density at radius 1 is 1.45 bits per heavy atom. The highest BCUT2D eigenvalue weighted by Crippen LogP contribution is 2.31. The summed E-state index contributed by atoms with van der Waals surface area (Å²) in [6.07, 6.45) is 1.69. The number of hydrogen-bond donors (Lipinski definition) is 2. The van der Waals surface area contributed by atoms with Crippen LogP contribution in [0, 0.1) is 0 Å². The lowest BCUT2D eigenvalue weighted by atomic mass is 10.3. The fourth-order valence-corrected chi connectivity index (χ4v) is 1.80. The van der Waals surface area contributed by atoms with Crippen molar-refractivity contribution in [2.75, 3.05) is 5.32 Å². The molecule has 0 aromatic heterocycles. The van der Waals surface area contributed by atoms with Crippen LogP contribution < -0.4 is 5.32 Å². The smallest absolute Gasteiger partial charge is 0.101 e. The van der Waals surface area contributed by atoms with Crippen molar-refractivity contribution < 1.29 is 0 Å². The van der Waals surface area contributed by atoms with Gasteiger partial charge in [0.15, 0.2) is 0 Å². The van der Waals surface area contributed by atoms with Crippen molar-refractivity contribution in [1.82, 2.24) is 0 Å². The molecule has 0 fully saturated rings. The van der Waals surface area contributed by atoms with Gasteiger partial charge < -0.3 is 5.32 Å². The molecule has 2 nitrogen and oxygen atoms in total. The van der Waals surface area contributed by atoms with Gasteiger partial charge in [-0.1, -0.05) is 0 Å². The molecule has 0 saturated heterocycles. The fraction of sp³-hybridized carbons (Fsp3) is 0. The first-order valence-corrected chi connectivity index (χ1v) is 4.37. The first-order chi connectivity index (χ1) is 5.36. The van der Waals surface area contributed by atoms with Gasteiger partial charge in [-0.25, -0.2) is 4.40 Å². The van der Waals surface area contributed by atoms with E-state index in [2.05, 4.69) is 22.3 Å². The van der Waals surface area contributed by atoms with Gasteiger partial charge in [0.05, 0.1) is 10.6 Å². The molecule has 0 bridgehead atoms. The molecule has 1 aliphatic rings. The van der Waals surface area contributed by atoms with Crippen molar-refractivity contribution in [3.8, 4) is 0 Å². The Bertz CT molecular complexity index is 309. The maximum atomic E-state index is 4.23. The number of thiol groups is 1. The summed E-state index contributed by atoms with van der Waals surface area (Å²) >= 11 is 5.69.